The maximum atomic E-state index is 9.59. The van der Waals surface area contributed by atoms with Gasteiger partial charge in [0.1, 0.15) is 0 Å². The average Bonchev–Trinajstić information content (AvgIpc) is 2.59. The monoisotopic (exact) mass is 258 g/mol. The van der Waals surface area contributed by atoms with Gasteiger partial charge < -0.3 is 14.6 Å². The molecule has 1 saturated carbocycles. The van der Waals surface area contributed by atoms with Crippen molar-refractivity contribution in [2.24, 2.45) is 11.8 Å². The summed E-state index contributed by atoms with van der Waals surface area (Å²) in [6.45, 7) is 1.87. The van der Waals surface area contributed by atoms with Crippen LogP contribution in [0.25, 0.3) is 0 Å². The van der Waals surface area contributed by atoms with Crippen LogP contribution in [0.2, 0.25) is 0 Å². The molecule has 2 bridgehead atoms. The minimum absolute atomic E-state index is 0.0445. The Labute approximate surface area is 107 Å². The van der Waals surface area contributed by atoms with Crippen LogP contribution in [0.5, 0.6) is 0 Å². The molecule has 5 nitrogen and oxygen atoms in total. The van der Waals surface area contributed by atoms with Gasteiger partial charge in [-0.1, -0.05) is 12.8 Å². The summed E-state index contributed by atoms with van der Waals surface area (Å²) in [6, 6.07) is 0. The van der Waals surface area contributed by atoms with Gasteiger partial charge in [0, 0.05) is 13.0 Å². The number of aliphatic hydroxyl groups is 1. The second-order valence-electron chi connectivity index (χ2n) is 5.88. The van der Waals surface area contributed by atoms with Crippen LogP contribution in [0.15, 0.2) is 0 Å². The van der Waals surface area contributed by atoms with Gasteiger partial charge in [-0.25, -0.2) is 9.78 Å². The van der Waals surface area contributed by atoms with Crippen molar-refractivity contribution in [3.8, 4) is 0 Å². The normalized spacial score (nSPS) is 51.8. The van der Waals surface area contributed by atoms with Crippen molar-refractivity contribution in [1.82, 2.24) is 0 Å². The summed E-state index contributed by atoms with van der Waals surface area (Å²) in [5.41, 5.74) is -0.490. The lowest BCUT2D eigenvalue weighted by Crippen LogP contribution is -2.60. The van der Waals surface area contributed by atoms with E-state index in [1.807, 2.05) is 6.92 Å². The van der Waals surface area contributed by atoms with Crippen molar-refractivity contribution in [1.29, 1.82) is 0 Å². The number of aliphatic hydroxyl groups excluding tert-OH is 1. The summed E-state index contributed by atoms with van der Waals surface area (Å²) in [6.07, 6.45) is 4.74. The van der Waals surface area contributed by atoms with Crippen LogP contribution in [-0.2, 0) is 19.2 Å². The van der Waals surface area contributed by atoms with Gasteiger partial charge in [-0.3, -0.25) is 0 Å². The Balaban J connectivity index is 1.99. The first-order valence-corrected chi connectivity index (χ1v) is 6.83. The largest absolute Gasteiger partial charge is 0.396 e. The van der Waals surface area contributed by atoms with Crippen molar-refractivity contribution in [3.63, 3.8) is 0 Å². The Kier molecular flexibility index (Phi) is 3.15. The van der Waals surface area contributed by atoms with E-state index in [4.69, 9.17) is 19.2 Å². The maximum absolute atomic E-state index is 9.59. The van der Waals surface area contributed by atoms with E-state index in [2.05, 4.69) is 0 Å². The third-order valence-corrected chi connectivity index (χ3v) is 4.91. The fourth-order valence-electron chi connectivity index (χ4n) is 3.72. The molecule has 104 valence electrons. The molecular formula is C13H22O5. The maximum Gasteiger partial charge on any atom is 0.206 e. The number of fused-ring (bicyclic) bond motifs is 3. The molecule has 3 heterocycles. The van der Waals surface area contributed by atoms with Gasteiger partial charge in [0.25, 0.3) is 0 Å². The van der Waals surface area contributed by atoms with Crippen LogP contribution in [0.4, 0.5) is 0 Å². The molecule has 0 radical (unpaired) electrons. The summed E-state index contributed by atoms with van der Waals surface area (Å²) in [5, 5.41) is 9.59. The van der Waals surface area contributed by atoms with Crippen molar-refractivity contribution >= 4 is 0 Å². The van der Waals surface area contributed by atoms with Crippen molar-refractivity contribution < 1.29 is 24.4 Å². The van der Waals surface area contributed by atoms with Crippen molar-refractivity contribution in [3.05, 3.63) is 0 Å². The van der Waals surface area contributed by atoms with E-state index in [1.165, 1.54) is 6.42 Å². The van der Waals surface area contributed by atoms with Gasteiger partial charge in [0.2, 0.25) is 5.79 Å². The van der Waals surface area contributed by atoms with E-state index in [1.54, 1.807) is 7.11 Å². The molecule has 3 aliphatic heterocycles. The quantitative estimate of drug-likeness (QED) is 0.762. The van der Waals surface area contributed by atoms with Crippen molar-refractivity contribution in [2.45, 2.75) is 56.7 Å². The topological polar surface area (TPSA) is 57.2 Å². The summed E-state index contributed by atoms with van der Waals surface area (Å²) in [4.78, 5) is 11.3. The van der Waals surface area contributed by atoms with Crippen LogP contribution < -0.4 is 0 Å². The lowest BCUT2D eigenvalue weighted by atomic mass is 9.71. The summed E-state index contributed by atoms with van der Waals surface area (Å²) >= 11 is 0. The SMILES string of the molecule is CO[C@H]1O[C@@]2(C)OOC13CCCC[C@@H]3CC2CO. The smallest absolute Gasteiger partial charge is 0.206 e. The highest BCUT2D eigenvalue weighted by molar-refractivity contribution is 5.01. The number of rotatable bonds is 2. The van der Waals surface area contributed by atoms with E-state index in [9.17, 15) is 5.11 Å². The fraction of sp³-hybridized carbons (Fsp3) is 1.00. The Bertz CT molecular complexity index is 323. The molecular weight excluding hydrogens is 236 g/mol. The second-order valence-corrected chi connectivity index (χ2v) is 5.88. The fourth-order valence-corrected chi connectivity index (χ4v) is 3.72. The Morgan fingerprint density at radius 2 is 2.17 bits per heavy atom. The highest BCUT2D eigenvalue weighted by Crippen LogP contribution is 2.53. The highest BCUT2D eigenvalue weighted by atomic mass is 17.3. The molecule has 18 heavy (non-hydrogen) atoms. The molecule has 4 aliphatic rings. The number of ether oxygens (including phenoxy) is 2. The zero-order valence-corrected chi connectivity index (χ0v) is 11.1. The van der Waals surface area contributed by atoms with Gasteiger partial charge in [0.15, 0.2) is 11.9 Å². The Hall–Kier alpha value is -0.200. The molecule has 1 spiro atoms. The molecule has 2 unspecified atom stereocenters. The molecule has 4 rings (SSSR count). The molecule has 4 fully saturated rings. The van der Waals surface area contributed by atoms with Crippen LogP contribution in [0.3, 0.4) is 0 Å². The first-order valence-electron chi connectivity index (χ1n) is 6.83. The lowest BCUT2D eigenvalue weighted by molar-refractivity contribution is -0.554. The molecule has 5 atom stereocenters. The van der Waals surface area contributed by atoms with E-state index in [0.717, 1.165) is 25.7 Å². The third kappa shape index (κ3) is 1.65. The number of hydrogen-bond acceptors (Lipinski definition) is 5. The Morgan fingerprint density at radius 3 is 2.89 bits per heavy atom. The average molecular weight is 258 g/mol. The molecule has 5 heteroatoms. The molecule has 1 aliphatic carbocycles. The summed E-state index contributed by atoms with van der Waals surface area (Å²) in [7, 11) is 1.65. The van der Waals surface area contributed by atoms with Gasteiger partial charge >= 0.3 is 0 Å². The predicted molar refractivity (Wildman–Crippen MR) is 62.3 cm³/mol. The summed E-state index contributed by atoms with van der Waals surface area (Å²) in [5.74, 6) is -0.641. The standard InChI is InChI=1S/C13H22O5/c1-12-10(8-14)7-9-5-3-4-6-13(9,18-17-12)11(15-2)16-12/h9-11,14H,3-8H2,1-2H3/t9-,10?,11+,12+,13?/m1/s1. The molecule has 0 aromatic carbocycles. The molecule has 3 saturated heterocycles. The van der Waals surface area contributed by atoms with E-state index >= 15 is 0 Å². The first kappa shape index (κ1) is 12.8. The first-order chi connectivity index (χ1) is 8.64. The van der Waals surface area contributed by atoms with E-state index in [0.29, 0.717) is 5.92 Å². The lowest BCUT2D eigenvalue weighted by Gasteiger charge is -2.49. The predicted octanol–water partition coefficient (Wildman–Crippen LogP) is 1.59. The van der Waals surface area contributed by atoms with Crippen LogP contribution >= 0.6 is 0 Å². The second kappa shape index (κ2) is 4.42. The van der Waals surface area contributed by atoms with Gasteiger partial charge in [0.05, 0.1) is 6.61 Å². The molecule has 0 aromatic rings. The van der Waals surface area contributed by atoms with Crippen LogP contribution in [0, 0.1) is 11.8 Å². The zero-order chi connectivity index (χ0) is 12.8. The number of methoxy groups -OCH3 is 1. The van der Waals surface area contributed by atoms with Crippen LogP contribution in [0.1, 0.15) is 39.0 Å². The zero-order valence-electron chi connectivity index (χ0n) is 11.1. The van der Waals surface area contributed by atoms with Crippen LogP contribution in [-0.4, -0.2) is 36.5 Å². The molecule has 0 aromatic heterocycles. The van der Waals surface area contributed by atoms with Gasteiger partial charge in [-0.05, 0) is 32.1 Å². The summed E-state index contributed by atoms with van der Waals surface area (Å²) < 4.78 is 11.5. The minimum Gasteiger partial charge on any atom is -0.396 e. The van der Waals surface area contributed by atoms with Gasteiger partial charge in [-0.2, -0.15) is 0 Å². The van der Waals surface area contributed by atoms with E-state index in [-0.39, 0.29) is 12.5 Å². The third-order valence-electron chi connectivity index (χ3n) is 4.91. The minimum atomic E-state index is -0.905. The Morgan fingerprint density at radius 1 is 1.33 bits per heavy atom. The number of hydrogen-bond donors (Lipinski definition) is 1. The molecule has 1 N–H and O–H groups in total. The highest BCUT2D eigenvalue weighted by Gasteiger charge is 2.62. The van der Waals surface area contributed by atoms with Gasteiger partial charge in [-0.15, -0.1) is 0 Å². The van der Waals surface area contributed by atoms with Crippen molar-refractivity contribution in [2.75, 3.05) is 13.7 Å². The van der Waals surface area contributed by atoms with E-state index < -0.39 is 17.7 Å². The molecule has 0 amide bonds.